The molecule has 28 heavy (non-hydrogen) atoms. The van der Waals surface area contributed by atoms with Crippen molar-refractivity contribution in [3.05, 3.63) is 70.3 Å². The summed E-state index contributed by atoms with van der Waals surface area (Å²) in [6.07, 6.45) is 0. The van der Waals surface area contributed by atoms with E-state index in [9.17, 15) is 14.5 Å². The quantitative estimate of drug-likeness (QED) is 0.494. The van der Waals surface area contributed by atoms with Crippen LogP contribution in [0.4, 0.5) is 15.8 Å². The number of rotatable bonds is 5. The Bertz CT molecular complexity index is 950. The van der Waals surface area contributed by atoms with Gasteiger partial charge in [0.1, 0.15) is 5.82 Å². The average molecular weight is 383 g/mol. The van der Waals surface area contributed by atoms with Gasteiger partial charge in [0.25, 0.3) is 11.6 Å². The molecule has 0 N–H and O–H groups in total. The molecule has 3 aromatic rings. The lowest BCUT2D eigenvalue weighted by molar-refractivity contribution is -0.384. The molecule has 1 aromatic heterocycles. The molecule has 1 aliphatic rings. The predicted molar refractivity (Wildman–Crippen MR) is 100 cm³/mol. The zero-order chi connectivity index (χ0) is 19.5. The normalized spacial score (nSPS) is 15.0. The summed E-state index contributed by atoms with van der Waals surface area (Å²) in [6.45, 7) is 3.81. The van der Waals surface area contributed by atoms with E-state index in [1.165, 1.54) is 24.3 Å². The summed E-state index contributed by atoms with van der Waals surface area (Å²) in [5, 5.41) is 14.8. The number of halogens is 1. The maximum Gasteiger partial charge on any atom is 0.269 e. The van der Waals surface area contributed by atoms with Crippen molar-refractivity contribution in [3.63, 3.8) is 0 Å². The van der Waals surface area contributed by atoms with Crippen molar-refractivity contribution < 1.29 is 13.8 Å². The van der Waals surface area contributed by atoms with Gasteiger partial charge in [-0.05, 0) is 36.4 Å². The van der Waals surface area contributed by atoms with E-state index in [1.807, 2.05) is 0 Å². The monoisotopic (exact) mass is 383 g/mol. The number of benzene rings is 2. The minimum atomic E-state index is -0.396. The molecule has 0 unspecified atom stereocenters. The summed E-state index contributed by atoms with van der Waals surface area (Å²) < 4.78 is 18.3. The van der Waals surface area contributed by atoms with Gasteiger partial charge in [-0.25, -0.2) is 4.39 Å². The van der Waals surface area contributed by atoms with Crippen LogP contribution in [0, 0.1) is 15.9 Å². The number of piperazine rings is 1. The summed E-state index contributed by atoms with van der Waals surface area (Å²) in [5.74, 6) is 0.650. The van der Waals surface area contributed by atoms with Crippen molar-refractivity contribution in [2.75, 3.05) is 31.1 Å². The van der Waals surface area contributed by atoms with Gasteiger partial charge in [0.05, 0.1) is 11.5 Å². The van der Waals surface area contributed by atoms with Gasteiger partial charge in [-0.1, -0.05) is 5.16 Å². The Morgan fingerprint density at radius 1 is 1.04 bits per heavy atom. The second-order valence-electron chi connectivity index (χ2n) is 6.56. The van der Waals surface area contributed by atoms with Gasteiger partial charge in [-0.15, -0.1) is 0 Å². The fourth-order valence-corrected chi connectivity index (χ4v) is 3.18. The van der Waals surface area contributed by atoms with E-state index in [4.69, 9.17) is 4.52 Å². The molecule has 4 rings (SSSR count). The maximum absolute atomic E-state index is 13.0. The molecule has 1 fully saturated rings. The van der Waals surface area contributed by atoms with Crippen LogP contribution in [0.1, 0.15) is 5.82 Å². The Morgan fingerprint density at radius 3 is 2.36 bits per heavy atom. The molecule has 1 saturated heterocycles. The number of anilines is 1. The molecular formula is C19H18FN5O3. The van der Waals surface area contributed by atoms with Crippen molar-refractivity contribution in [1.29, 1.82) is 0 Å². The van der Waals surface area contributed by atoms with E-state index in [0.717, 1.165) is 31.9 Å². The smallest absolute Gasteiger partial charge is 0.269 e. The topological polar surface area (TPSA) is 88.5 Å². The van der Waals surface area contributed by atoms with E-state index < -0.39 is 4.92 Å². The SMILES string of the molecule is O=[N+]([O-])c1ccc(N2CCN(Cc3noc(-c4ccc(F)cc4)n3)CC2)cc1. The van der Waals surface area contributed by atoms with E-state index in [0.29, 0.717) is 23.8 Å². The second kappa shape index (κ2) is 7.73. The number of non-ortho nitro benzene ring substituents is 1. The average Bonchev–Trinajstić information content (AvgIpc) is 3.18. The van der Waals surface area contributed by atoms with Gasteiger partial charge in [0, 0.05) is 49.6 Å². The number of hydrogen-bond donors (Lipinski definition) is 0. The Labute approximate surface area is 160 Å². The second-order valence-corrected chi connectivity index (χ2v) is 6.56. The first-order valence-corrected chi connectivity index (χ1v) is 8.89. The molecule has 0 radical (unpaired) electrons. The Hall–Kier alpha value is -3.33. The number of hydrogen-bond acceptors (Lipinski definition) is 7. The molecule has 2 heterocycles. The summed E-state index contributed by atoms with van der Waals surface area (Å²) in [6, 6.07) is 12.5. The van der Waals surface area contributed by atoms with E-state index in [2.05, 4.69) is 19.9 Å². The highest BCUT2D eigenvalue weighted by Crippen LogP contribution is 2.22. The molecule has 0 bridgehead atoms. The number of aromatic nitrogens is 2. The highest BCUT2D eigenvalue weighted by molar-refractivity contribution is 5.52. The summed E-state index contributed by atoms with van der Waals surface area (Å²) >= 11 is 0. The predicted octanol–water partition coefficient (Wildman–Crippen LogP) is 3.11. The third-order valence-electron chi connectivity index (χ3n) is 4.72. The maximum atomic E-state index is 13.0. The van der Waals surface area contributed by atoms with Gasteiger partial charge in [-0.2, -0.15) is 4.98 Å². The van der Waals surface area contributed by atoms with E-state index in [1.54, 1.807) is 24.3 Å². The molecule has 0 atom stereocenters. The van der Waals surface area contributed by atoms with Gasteiger partial charge in [-0.3, -0.25) is 15.0 Å². The van der Waals surface area contributed by atoms with Crippen LogP contribution in [0.25, 0.3) is 11.5 Å². The van der Waals surface area contributed by atoms with Gasteiger partial charge in [0.2, 0.25) is 0 Å². The van der Waals surface area contributed by atoms with Crippen molar-refractivity contribution >= 4 is 11.4 Å². The lowest BCUT2D eigenvalue weighted by Gasteiger charge is -2.35. The molecular weight excluding hydrogens is 365 g/mol. The molecule has 0 saturated carbocycles. The Kier molecular flexibility index (Phi) is 4.98. The number of nitro groups is 1. The van der Waals surface area contributed by atoms with Crippen LogP contribution in [0.15, 0.2) is 53.1 Å². The first-order valence-electron chi connectivity index (χ1n) is 8.89. The van der Waals surface area contributed by atoms with Crippen LogP contribution >= 0.6 is 0 Å². The van der Waals surface area contributed by atoms with Crippen LogP contribution in [0.2, 0.25) is 0 Å². The first kappa shape index (κ1) is 18.1. The van der Waals surface area contributed by atoms with Crippen molar-refractivity contribution in [2.24, 2.45) is 0 Å². The molecule has 144 valence electrons. The Balaban J connectivity index is 1.33. The third-order valence-corrected chi connectivity index (χ3v) is 4.72. The minimum absolute atomic E-state index is 0.0939. The molecule has 8 nitrogen and oxygen atoms in total. The zero-order valence-corrected chi connectivity index (χ0v) is 15.0. The van der Waals surface area contributed by atoms with E-state index >= 15 is 0 Å². The molecule has 0 spiro atoms. The largest absolute Gasteiger partial charge is 0.369 e. The van der Waals surface area contributed by atoms with Crippen LogP contribution in [-0.4, -0.2) is 46.1 Å². The van der Waals surface area contributed by atoms with Crippen LogP contribution in [0.3, 0.4) is 0 Å². The fraction of sp³-hybridized carbons (Fsp3) is 0.263. The summed E-state index contributed by atoms with van der Waals surface area (Å²) in [5.41, 5.74) is 1.75. The zero-order valence-electron chi connectivity index (χ0n) is 15.0. The molecule has 2 aromatic carbocycles. The number of nitrogens with zero attached hydrogens (tertiary/aromatic N) is 5. The third kappa shape index (κ3) is 3.99. The van der Waals surface area contributed by atoms with Crippen LogP contribution in [0.5, 0.6) is 0 Å². The van der Waals surface area contributed by atoms with Crippen molar-refractivity contribution in [1.82, 2.24) is 15.0 Å². The molecule has 1 aliphatic heterocycles. The number of nitro benzene ring substituents is 1. The lowest BCUT2D eigenvalue weighted by atomic mass is 10.2. The fourth-order valence-electron chi connectivity index (χ4n) is 3.18. The molecule has 0 aliphatic carbocycles. The molecule has 0 amide bonds. The standard InChI is InChI=1S/C19H18FN5O3/c20-15-3-1-14(2-4-15)19-21-18(22-28-19)13-23-9-11-24(12-10-23)16-5-7-17(8-6-16)25(26)27/h1-8H,9-13H2. The minimum Gasteiger partial charge on any atom is -0.369 e. The van der Waals surface area contributed by atoms with Crippen LogP contribution < -0.4 is 4.90 Å². The van der Waals surface area contributed by atoms with Crippen LogP contribution in [-0.2, 0) is 6.54 Å². The lowest BCUT2D eigenvalue weighted by Crippen LogP contribution is -2.46. The Morgan fingerprint density at radius 2 is 1.71 bits per heavy atom. The highest BCUT2D eigenvalue weighted by atomic mass is 19.1. The molecule has 9 heteroatoms. The van der Waals surface area contributed by atoms with Gasteiger partial charge in [0.15, 0.2) is 5.82 Å². The summed E-state index contributed by atoms with van der Waals surface area (Å²) in [4.78, 5) is 19.2. The summed E-state index contributed by atoms with van der Waals surface area (Å²) in [7, 11) is 0. The van der Waals surface area contributed by atoms with Gasteiger partial charge >= 0.3 is 0 Å². The van der Waals surface area contributed by atoms with E-state index in [-0.39, 0.29) is 11.5 Å². The van der Waals surface area contributed by atoms with Gasteiger partial charge < -0.3 is 9.42 Å². The first-order chi connectivity index (χ1) is 13.6. The highest BCUT2D eigenvalue weighted by Gasteiger charge is 2.20. The van der Waals surface area contributed by atoms with Crippen molar-refractivity contribution in [3.8, 4) is 11.5 Å². The van der Waals surface area contributed by atoms with Crippen molar-refractivity contribution in [2.45, 2.75) is 6.54 Å².